The number of carbonyl (C=O) groups is 2. The molecule has 2 heterocycles. The van der Waals surface area contributed by atoms with Gasteiger partial charge in [0.05, 0.1) is 19.6 Å². The lowest BCUT2D eigenvalue weighted by atomic mass is 9.86. The summed E-state index contributed by atoms with van der Waals surface area (Å²) >= 11 is 0. The van der Waals surface area contributed by atoms with Crippen LogP contribution in [0.25, 0.3) is 0 Å². The van der Waals surface area contributed by atoms with Crippen molar-refractivity contribution in [2.45, 2.75) is 25.3 Å². The molecule has 2 aliphatic rings. The lowest BCUT2D eigenvalue weighted by molar-refractivity contribution is -0.148. The number of benzene rings is 2. The van der Waals surface area contributed by atoms with E-state index in [9.17, 15) is 9.59 Å². The molecule has 0 bridgehead atoms. The Labute approximate surface area is 175 Å². The number of nitrogens with zero attached hydrogens (tertiary/aromatic N) is 1. The SMILES string of the molecule is CCOC(=O)C1CN(C(=O)Oc2ccccc2)CCC2c3ccc(OC)cc3NC12. The fraction of sp³-hybridized carbons (Fsp3) is 0.391. The van der Waals surface area contributed by atoms with Gasteiger partial charge in [0, 0.05) is 36.8 Å². The Hall–Kier alpha value is -3.22. The minimum atomic E-state index is -0.501. The van der Waals surface area contributed by atoms with E-state index in [0.29, 0.717) is 18.9 Å². The second-order valence-corrected chi connectivity index (χ2v) is 7.50. The molecule has 158 valence electrons. The van der Waals surface area contributed by atoms with Gasteiger partial charge in [0.1, 0.15) is 11.5 Å². The number of methoxy groups -OCH3 is 1. The molecule has 1 fully saturated rings. The lowest BCUT2D eigenvalue weighted by Gasteiger charge is -2.26. The molecule has 1 saturated heterocycles. The molecule has 1 amide bonds. The number of esters is 1. The molecule has 3 atom stereocenters. The van der Waals surface area contributed by atoms with Gasteiger partial charge < -0.3 is 24.4 Å². The summed E-state index contributed by atoms with van der Waals surface area (Å²) in [5, 5.41) is 3.49. The molecule has 0 saturated carbocycles. The van der Waals surface area contributed by atoms with Crippen molar-refractivity contribution in [1.29, 1.82) is 0 Å². The van der Waals surface area contributed by atoms with Crippen LogP contribution in [0.15, 0.2) is 48.5 Å². The molecule has 30 heavy (non-hydrogen) atoms. The van der Waals surface area contributed by atoms with Gasteiger partial charge in [-0.1, -0.05) is 24.3 Å². The highest BCUT2D eigenvalue weighted by atomic mass is 16.6. The first-order valence-electron chi connectivity index (χ1n) is 10.2. The highest BCUT2D eigenvalue weighted by Crippen LogP contribution is 2.44. The molecule has 3 unspecified atom stereocenters. The maximum absolute atomic E-state index is 12.8. The van der Waals surface area contributed by atoms with Gasteiger partial charge in [-0.2, -0.15) is 0 Å². The maximum Gasteiger partial charge on any atom is 0.415 e. The summed E-state index contributed by atoms with van der Waals surface area (Å²) in [4.78, 5) is 27.2. The number of hydrogen-bond acceptors (Lipinski definition) is 6. The highest BCUT2D eigenvalue weighted by molar-refractivity contribution is 5.78. The smallest absolute Gasteiger partial charge is 0.415 e. The fourth-order valence-corrected chi connectivity index (χ4v) is 4.33. The number of anilines is 1. The van der Waals surface area contributed by atoms with E-state index in [1.165, 1.54) is 0 Å². The van der Waals surface area contributed by atoms with Crippen LogP contribution in [0.3, 0.4) is 0 Å². The maximum atomic E-state index is 12.8. The molecule has 2 aromatic rings. The summed E-state index contributed by atoms with van der Waals surface area (Å²) in [7, 11) is 1.63. The van der Waals surface area contributed by atoms with Crippen LogP contribution in [-0.2, 0) is 9.53 Å². The van der Waals surface area contributed by atoms with Crippen molar-refractivity contribution < 1.29 is 23.8 Å². The van der Waals surface area contributed by atoms with Gasteiger partial charge in [-0.05, 0) is 37.1 Å². The number of fused-ring (bicyclic) bond motifs is 3. The molecule has 2 aliphatic heterocycles. The molecular weight excluding hydrogens is 384 g/mol. The third kappa shape index (κ3) is 3.92. The van der Waals surface area contributed by atoms with Crippen molar-refractivity contribution >= 4 is 17.7 Å². The quantitative estimate of drug-likeness (QED) is 0.776. The Morgan fingerprint density at radius 1 is 1.13 bits per heavy atom. The summed E-state index contributed by atoms with van der Waals surface area (Å²) in [6.07, 6.45) is 0.266. The van der Waals surface area contributed by atoms with Gasteiger partial charge in [0.2, 0.25) is 0 Å². The van der Waals surface area contributed by atoms with Gasteiger partial charge in [-0.25, -0.2) is 4.79 Å². The van der Waals surface area contributed by atoms with Crippen molar-refractivity contribution in [3.05, 3.63) is 54.1 Å². The molecule has 0 spiro atoms. The second kappa shape index (κ2) is 8.65. The number of hydrogen-bond donors (Lipinski definition) is 1. The largest absolute Gasteiger partial charge is 0.497 e. The van der Waals surface area contributed by atoms with Gasteiger partial charge in [-0.15, -0.1) is 0 Å². The molecule has 7 nitrogen and oxygen atoms in total. The van der Waals surface area contributed by atoms with Crippen molar-refractivity contribution in [3.63, 3.8) is 0 Å². The first-order valence-corrected chi connectivity index (χ1v) is 10.2. The van der Waals surface area contributed by atoms with E-state index in [1.807, 2.05) is 36.4 Å². The number of para-hydroxylation sites is 1. The lowest BCUT2D eigenvalue weighted by Crippen LogP contribution is -2.44. The van der Waals surface area contributed by atoms with Crippen LogP contribution in [0.5, 0.6) is 11.5 Å². The molecule has 0 aliphatic carbocycles. The molecule has 7 heteroatoms. The van der Waals surface area contributed by atoms with Crippen LogP contribution in [0, 0.1) is 5.92 Å². The fourth-order valence-electron chi connectivity index (χ4n) is 4.33. The molecule has 0 aromatic heterocycles. The molecular formula is C23H26N2O5. The van der Waals surface area contributed by atoms with Gasteiger partial charge in [-0.3, -0.25) is 4.79 Å². The highest BCUT2D eigenvalue weighted by Gasteiger charge is 2.45. The number of amides is 1. The summed E-state index contributed by atoms with van der Waals surface area (Å²) in [5.74, 6) is 0.529. The zero-order valence-corrected chi connectivity index (χ0v) is 17.2. The Bertz CT molecular complexity index is 917. The monoisotopic (exact) mass is 410 g/mol. The molecule has 4 rings (SSSR count). The van der Waals surface area contributed by atoms with Crippen LogP contribution in [0.4, 0.5) is 10.5 Å². The summed E-state index contributed by atoms with van der Waals surface area (Å²) in [5.41, 5.74) is 2.10. The van der Waals surface area contributed by atoms with Crippen LogP contribution in [-0.4, -0.2) is 49.8 Å². The molecule has 1 N–H and O–H groups in total. The average Bonchev–Trinajstić information content (AvgIpc) is 3.00. The first-order chi connectivity index (χ1) is 14.6. The zero-order valence-electron chi connectivity index (χ0n) is 17.2. The summed E-state index contributed by atoms with van der Waals surface area (Å²) in [6.45, 7) is 2.82. The molecule has 2 aromatic carbocycles. The minimum Gasteiger partial charge on any atom is -0.497 e. The Morgan fingerprint density at radius 2 is 1.93 bits per heavy atom. The summed E-state index contributed by atoms with van der Waals surface area (Å²) in [6, 6.07) is 14.7. The van der Waals surface area contributed by atoms with E-state index < -0.39 is 12.0 Å². The Kier molecular flexibility index (Phi) is 5.79. The van der Waals surface area contributed by atoms with Gasteiger partial charge >= 0.3 is 12.1 Å². The van der Waals surface area contributed by atoms with E-state index >= 15 is 0 Å². The second-order valence-electron chi connectivity index (χ2n) is 7.50. The predicted octanol–water partition coefficient (Wildman–Crippen LogP) is 3.66. The van der Waals surface area contributed by atoms with Crippen LogP contribution in [0.2, 0.25) is 0 Å². The minimum absolute atomic E-state index is 0.0924. The Morgan fingerprint density at radius 3 is 2.67 bits per heavy atom. The topological polar surface area (TPSA) is 77.1 Å². The van der Waals surface area contributed by atoms with Crippen LogP contribution in [0.1, 0.15) is 24.8 Å². The van der Waals surface area contributed by atoms with Crippen molar-refractivity contribution in [2.75, 3.05) is 32.1 Å². The average molecular weight is 410 g/mol. The van der Waals surface area contributed by atoms with Crippen molar-refractivity contribution in [1.82, 2.24) is 4.90 Å². The van der Waals surface area contributed by atoms with Crippen molar-refractivity contribution in [3.8, 4) is 11.5 Å². The molecule has 0 radical (unpaired) electrons. The van der Waals surface area contributed by atoms with E-state index in [0.717, 1.165) is 23.4 Å². The number of ether oxygens (including phenoxy) is 3. The third-order valence-electron chi connectivity index (χ3n) is 5.77. The third-order valence-corrected chi connectivity index (χ3v) is 5.77. The zero-order chi connectivity index (χ0) is 21.1. The Balaban J connectivity index is 1.58. The predicted molar refractivity (Wildman–Crippen MR) is 112 cm³/mol. The number of carbonyl (C=O) groups excluding carboxylic acids is 2. The van der Waals surface area contributed by atoms with E-state index in [-0.39, 0.29) is 24.5 Å². The van der Waals surface area contributed by atoms with E-state index in [1.54, 1.807) is 31.1 Å². The van der Waals surface area contributed by atoms with Crippen molar-refractivity contribution in [2.24, 2.45) is 5.92 Å². The number of nitrogens with one attached hydrogen (secondary N) is 1. The van der Waals surface area contributed by atoms with Crippen LogP contribution >= 0.6 is 0 Å². The number of rotatable bonds is 4. The van der Waals surface area contributed by atoms with E-state index in [4.69, 9.17) is 14.2 Å². The van der Waals surface area contributed by atoms with Crippen LogP contribution < -0.4 is 14.8 Å². The summed E-state index contributed by atoms with van der Waals surface area (Å²) < 4.78 is 16.2. The van der Waals surface area contributed by atoms with E-state index in [2.05, 4.69) is 5.32 Å². The normalized spacial score (nSPS) is 22.2. The standard InChI is InChI=1S/C23H26N2O5/c1-3-29-22(26)19-14-25(23(27)30-15-7-5-4-6-8-15)12-11-18-17-10-9-16(28-2)13-20(17)24-21(18)19/h4-10,13,18-19,21,24H,3,11-12,14H2,1-2H3. The first kappa shape index (κ1) is 20.1. The van der Waals surface area contributed by atoms with Gasteiger partial charge in [0.15, 0.2) is 0 Å². The van der Waals surface area contributed by atoms with Gasteiger partial charge in [0.25, 0.3) is 0 Å². The number of likely N-dealkylation sites (tertiary alicyclic amines) is 1.